The van der Waals surface area contributed by atoms with Gasteiger partial charge in [0.05, 0.1) is 12.7 Å². The molecule has 2 rings (SSSR count). The standard InChI is InChI=1S/C13H11ClO3S/c1-17-13(16)9-6-11(18-7-9)5-8-4-10(14)2-3-12(8)15/h2-4,6-7,15H,5H2,1H3. The summed E-state index contributed by atoms with van der Waals surface area (Å²) in [5, 5.41) is 12.0. The molecular weight excluding hydrogens is 272 g/mol. The van der Waals surface area contributed by atoms with Gasteiger partial charge in [-0.25, -0.2) is 4.79 Å². The number of thiophene rings is 1. The first kappa shape index (κ1) is 12.9. The minimum Gasteiger partial charge on any atom is -0.508 e. The molecule has 0 bridgehead atoms. The van der Waals surface area contributed by atoms with Gasteiger partial charge in [-0.15, -0.1) is 11.3 Å². The minimum atomic E-state index is -0.354. The molecule has 0 aliphatic carbocycles. The van der Waals surface area contributed by atoms with Crippen LogP contribution in [0.2, 0.25) is 5.02 Å². The van der Waals surface area contributed by atoms with Crippen molar-refractivity contribution in [3.63, 3.8) is 0 Å². The second-order valence-corrected chi connectivity index (χ2v) is 5.18. The van der Waals surface area contributed by atoms with Crippen LogP contribution in [-0.4, -0.2) is 18.2 Å². The average Bonchev–Trinajstić information content (AvgIpc) is 2.81. The SMILES string of the molecule is COC(=O)c1csc(Cc2cc(Cl)ccc2O)c1. The maximum Gasteiger partial charge on any atom is 0.338 e. The molecule has 1 N–H and O–H groups in total. The van der Waals surface area contributed by atoms with E-state index in [1.54, 1.807) is 29.6 Å². The van der Waals surface area contributed by atoms with Crippen molar-refractivity contribution < 1.29 is 14.6 Å². The van der Waals surface area contributed by atoms with E-state index in [1.807, 2.05) is 0 Å². The summed E-state index contributed by atoms with van der Waals surface area (Å²) in [5.74, 6) is -0.153. The largest absolute Gasteiger partial charge is 0.508 e. The number of phenolic OH excluding ortho intramolecular Hbond substituents is 1. The molecule has 0 fully saturated rings. The minimum absolute atomic E-state index is 0.201. The molecule has 0 aliphatic rings. The molecule has 94 valence electrons. The van der Waals surface area contributed by atoms with E-state index in [-0.39, 0.29) is 11.7 Å². The van der Waals surface area contributed by atoms with Gasteiger partial charge in [-0.1, -0.05) is 11.6 Å². The number of hydrogen-bond donors (Lipinski definition) is 1. The normalized spacial score (nSPS) is 10.3. The van der Waals surface area contributed by atoms with Crippen molar-refractivity contribution in [2.75, 3.05) is 7.11 Å². The fourth-order valence-corrected chi connectivity index (χ4v) is 2.65. The molecule has 2 aromatic rings. The molecule has 0 aliphatic heterocycles. The second kappa shape index (κ2) is 5.42. The maximum atomic E-state index is 11.3. The highest BCUT2D eigenvalue weighted by Crippen LogP contribution is 2.26. The van der Waals surface area contributed by atoms with E-state index in [0.717, 1.165) is 10.4 Å². The van der Waals surface area contributed by atoms with Gasteiger partial charge in [0.2, 0.25) is 0 Å². The summed E-state index contributed by atoms with van der Waals surface area (Å²) < 4.78 is 4.64. The summed E-state index contributed by atoms with van der Waals surface area (Å²) in [6, 6.07) is 6.67. The van der Waals surface area contributed by atoms with E-state index < -0.39 is 0 Å². The molecule has 3 nitrogen and oxygen atoms in total. The van der Waals surface area contributed by atoms with Crippen molar-refractivity contribution in [2.45, 2.75) is 6.42 Å². The molecule has 1 heterocycles. The lowest BCUT2D eigenvalue weighted by atomic mass is 10.1. The van der Waals surface area contributed by atoms with E-state index in [0.29, 0.717) is 17.0 Å². The predicted octanol–water partition coefficient (Wildman–Crippen LogP) is 3.48. The fraction of sp³-hybridized carbons (Fsp3) is 0.154. The Morgan fingerprint density at radius 1 is 1.44 bits per heavy atom. The van der Waals surface area contributed by atoms with Gasteiger partial charge in [0, 0.05) is 27.3 Å². The second-order valence-electron chi connectivity index (χ2n) is 3.74. The van der Waals surface area contributed by atoms with Crippen molar-refractivity contribution in [1.82, 2.24) is 0 Å². The topological polar surface area (TPSA) is 46.5 Å². The summed E-state index contributed by atoms with van der Waals surface area (Å²) in [5.41, 5.74) is 1.26. The number of halogens is 1. The van der Waals surface area contributed by atoms with Crippen LogP contribution in [0.1, 0.15) is 20.8 Å². The van der Waals surface area contributed by atoms with Crippen LogP contribution in [0.3, 0.4) is 0 Å². The molecule has 0 spiro atoms. The Kier molecular flexibility index (Phi) is 3.89. The molecule has 1 aromatic carbocycles. The number of benzene rings is 1. The number of carbonyl (C=O) groups excluding carboxylic acids is 1. The van der Waals surface area contributed by atoms with Gasteiger partial charge in [-0.2, -0.15) is 0 Å². The molecule has 5 heteroatoms. The van der Waals surface area contributed by atoms with Crippen LogP contribution >= 0.6 is 22.9 Å². The van der Waals surface area contributed by atoms with E-state index in [2.05, 4.69) is 4.74 Å². The number of hydrogen-bond acceptors (Lipinski definition) is 4. The predicted molar refractivity (Wildman–Crippen MR) is 71.6 cm³/mol. The zero-order valence-corrected chi connectivity index (χ0v) is 11.2. The molecular formula is C13H11ClO3S. The molecule has 0 saturated carbocycles. The number of esters is 1. The highest BCUT2D eigenvalue weighted by Gasteiger charge is 2.10. The quantitative estimate of drug-likeness (QED) is 0.877. The highest BCUT2D eigenvalue weighted by molar-refractivity contribution is 7.10. The zero-order valence-electron chi connectivity index (χ0n) is 9.64. The van der Waals surface area contributed by atoms with Crippen molar-refractivity contribution in [3.8, 4) is 5.75 Å². The lowest BCUT2D eigenvalue weighted by molar-refractivity contribution is 0.0601. The summed E-state index contributed by atoms with van der Waals surface area (Å²) in [6.45, 7) is 0. The number of rotatable bonds is 3. The van der Waals surface area contributed by atoms with Crippen LogP contribution in [0.4, 0.5) is 0 Å². The number of methoxy groups -OCH3 is 1. The van der Waals surface area contributed by atoms with Gasteiger partial charge in [-0.05, 0) is 24.3 Å². The van der Waals surface area contributed by atoms with Gasteiger partial charge in [0.1, 0.15) is 5.75 Å². The van der Waals surface area contributed by atoms with Crippen LogP contribution in [0.5, 0.6) is 5.75 Å². The van der Waals surface area contributed by atoms with Crippen LogP contribution in [-0.2, 0) is 11.2 Å². The monoisotopic (exact) mass is 282 g/mol. The fourth-order valence-electron chi connectivity index (χ4n) is 1.58. The number of carbonyl (C=O) groups is 1. The number of ether oxygens (including phenoxy) is 1. The van der Waals surface area contributed by atoms with E-state index >= 15 is 0 Å². The van der Waals surface area contributed by atoms with Crippen LogP contribution in [0.15, 0.2) is 29.6 Å². The molecule has 0 atom stereocenters. The maximum absolute atomic E-state index is 11.3. The van der Waals surface area contributed by atoms with Crippen LogP contribution in [0, 0.1) is 0 Å². The number of aromatic hydroxyl groups is 1. The number of phenols is 1. The van der Waals surface area contributed by atoms with E-state index in [9.17, 15) is 9.90 Å². The first-order valence-corrected chi connectivity index (χ1v) is 6.49. The summed E-state index contributed by atoms with van der Waals surface area (Å²) in [6.07, 6.45) is 0.536. The van der Waals surface area contributed by atoms with Gasteiger partial charge < -0.3 is 9.84 Å². The Hall–Kier alpha value is -1.52. The van der Waals surface area contributed by atoms with Crippen molar-refractivity contribution >= 4 is 28.9 Å². The summed E-state index contributed by atoms with van der Waals surface area (Å²) >= 11 is 7.33. The molecule has 0 radical (unpaired) electrons. The Bertz CT molecular complexity index is 577. The third-order valence-corrected chi connectivity index (χ3v) is 3.65. The summed E-state index contributed by atoms with van der Waals surface area (Å²) in [7, 11) is 1.35. The van der Waals surface area contributed by atoms with Crippen LogP contribution < -0.4 is 0 Å². The molecule has 0 unspecified atom stereocenters. The third kappa shape index (κ3) is 2.83. The smallest absolute Gasteiger partial charge is 0.338 e. The molecule has 0 amide bonds. The van der Waals surface area contributed by atoms with Crippen molar-refractivity contribution in [1.29, 1.82) is 0 Å². The van der Waals surface area contributed by atoms with Gasteiger partial charge in [0.15, 0.2) is 0 Å². The third-order valence-electron chi connectivity index (χ3n) is 2.48. The van der Waals surface area contributed by atoms with Crippen molar-refractivity contribution in [3.05, 3.63) is 50.7 Å². The van der Waals surface area contributed by atoms with Gasteiger partial charge in [0.25, 0.3) is 0 Å². The van der Waals surface area contributed by atoms with E-state index in [4.69, 9.17) is 11.6 Å². The molecule has 18 heavy (non-hydrogen) atoms. The Balaban J connectivity index is 2.21. The van der Waals surface area contributed by atoms with E-state index in [1.165, 1.54) is 18.4 Å². The molecule has 0 saturated heterocycles. The lowest BCUT2D eigenvalue weighted by Gasteiger charge is -2.03. The van der Waals surface area contributed by atoms with Gasteiger partial charge >= 0.3 is 5.97 Å². The first-order valence-electron chi connectivity index (χ1n) is 5.23. The molecule has 1 aromatic heterocycles. The zero-order chi connectivity index (χ0) is 13.1. The Morgan fingerprint density at radius 3 is 2.94 bits per heavy atom. The Morgan fingerprint density at radius 2 is 2.22 bits per heavy atom. The van der Waals surface area contributed by atoms with Crippen molar-refractivity contribution in [2.24, 2.45) is 0 Å². The van der Waals surface area contributed by atoms with Gasteiger partial charge in [-0.3, -0.25) is 0 Å². The van der Waals surface area contributed by atoms with Crippen LogP contribution in [0.25, 0.3) is 0 Å². The first-order chi connectivity index (χ1) is 8.60. The lowest BCUT2D eigenvalue weighted by Crippen LogP contribution is -1.98. The Labute approximate surface area is 114 Å². The summed E-state index contributed by atoms with van der Waals surface area (Å²) in [4.78, 5) is 12.3. The average molecular weight is 283 g/mol. The highest BCUT2D eigenvalue weighted by atomic mass is 35.5.